The van der Waals surface area contributed by atoms with Gasteiger partial charge in [0.05, 0.1) is 6.61 Å². The average molecular weight is 431 g/mol. The maximum Gasteiger partial charge on any atom is 0.191 e. The predicted molar refractivity (Wildman–Crippen MR) is 108 cm³/mol. The van der Waals surface area contributed by atoms with Gasteiger partial charge >= 0.3 is 0 Å². The molecule has 1 saturated carbocycles. The number of nitrogens with zero attached hydrogens (tertiary/aromatic N) is 1. The number of ether oxygens (including phenoxy) is 1. The van der Waals surface area contributed by atoms with Gasteiger partial charge in [-0.05, 0) is 25.3 Å². The Hall–Kier alpha value is -0.820. The van der Waals surface area contributed by atoms with E-state index in [1.54, 1.807) is 7.11 Å². The van der Waals surface area contributed by atoms with Crippen LogP contribution >= 0.6 is 24.0 Å². The molecule has 1 fully saturated rings. The SMILES string of the molecule is CN=C(NCCOC)NCC1(c2cccc(C)c2)CCCC1.I. The quantitative estimate of drug-likeness (QED) is 0.315. The van der Waals surface area contributed by atoms with Crippen LogP contribution in [0.15, 0.2) is 29.3 Å². The second kappa shape index (κ2) is 10.1. The summed E-state index contributed by atoms with van der Waals surface area (Å²) >= 11 is 0. The molecule has 2 rings (SSSR count). The smallest absolute Gasteiger partial charge is 0.191 e. The van der Waals surface area contributed by atoms with Gasteiger partial charge < -0.3 is 15.4 Å². The molecule has 1 aliphatic rings. The van der Waals surface area contributed by atoms with E-state index < -0.39 is 0 Å². The molecule has 0 spiro atoms. The van der Waals surface area contributed by atoms with Gasteiger partial charge in [0.1, 0.15) is 0 Å². The number of hydrogen-bond acceptors (Lipinski definition) is 2. The Morgan fingerprint density at radius 3 is 2.61 bits per heavy atom. The molecule has 1 aromatic carbocycles. The molecule has 0 heterocycles. The van der Waals surface area contributed by atoms with Crippen LogP contribution in [0.4, 0.5) is 0 Å². The van der Waals surface area contributed by atoms with Gasteiger partial charge in [0.25, 0.3) is 0 Å². The van der Waals surface area contributed by atoms with Gasteiger partial charge in [0.15, 0.2) is 5.96 Å². The van der Waals surface area contributed by atoms with Crippen LogP contribution in [0.2, 0.25) is 0 Å². The second-order valence-electron chi connectivity index (χ2n) is 6.20. The van der Waals surface area contributed by atoms with Gasteiger partial charge in [0.2, 0.25) is 0 Å². The first-order valence-electron chi connectivity index (χ1n) is 8.21. The van der Waals surface area contributed by atoms with Crippen molar-refractivity contribution in [2.24, 2.45) is 4.99 Å². The summed E-state index contributed by atoms with van der Waals surface area (Å²) in [5, 5.41) is 6.80. The topological polar surface area (TPSA) is 45.7 Å². The zero-order chi connectivity index (χ0) is 15.8. The van der Waals surface area contributed by atoms with Crippen LogP contribution in [-0.4, -0.2) is 39.8 Å². The second-order valence-corrected chi connectivity index (χ2v) is 6.20. The van der Waals surface area contributed by atoms with Crippen molar-refractivity contribution < 1.29 is 4.74 Å². The Balaban J connectivity index is 0.00000264. The maximum atomic E-state index is 5.07. The lowest BCUT2D eigenvalue weighted by atomic mass is 9.78. The molecule has 23 heavy (non-hydrogen) atoms. The largest absolute Gasteiger partial charge is 0.383 e. The summed E-state index contributed by atoms with van der Waals surface area (Å²) < 4.78 is 5.07. The van der Waals surface area contributed by atoms with Gasteiger partial charge in [0, 0.05) is 32.7 Å². The normalized spacial score (nSPS) is 16.7. The van der Waals surface area contributed by atoms with Crippen molar-refractivity contribution in [3.63, 3.8) is 0 Å². The zero-order valence-electron chi connectivity index (χ0n) is 14.5. The minimum absolute atomic E-state index is 0. The lowest BCUT2D eigenvalue weighted by Crippen LogP contribution is -2.45. The van der Waals surface area contributed by atoms with Crippen molar-refractivity contribution in [3.8, 4) is 0 Å². The van der Waals surface area contributed by atoms with E-state index in [2.05, 4.69) is 46.8 Å². The molecule has 1 aliphatic carbocycles. The molecule has 0 aromatic heterocycles. The Morgan fingerprint density at radius 2 is 2.00 bits per heavy atom. The Morgan fingerprint density at radius 1 is 1.26 bits per heavy atom. The Bertz CT molecular complexity index is 499. The molecule has 1 aromatic rings. The molecule has 4 nitrogen and oxygen atoms in total. The molecule has 0 saturated heterocycles. The number of guanidine groups is 1. The third kappa shape index (κ3) is 5.64. The minimum atomic E-state index is 0. The number of aliphatic imine (C=N–C) groups is 1. The van der Waals surface area contributed by atoms with Crippen LogP contribution in [0.3, 0.4) is 0 Å². The highest BCUT2D eigenvalue weighted by molar-refractivity contribution is 14.0. The van der Waals surface area contributed by atoms with E-state index in [0.29, 0.717) is 6.61 Å². The summed E-state index contributed by atoms with van der Waals surface area (Å²) in [6.45, 7) is 4.56. The number of halogens is 1. The zero-order valence-corrected chi connectivity index (χ0v) is 16.9. The maximum absolute atomic E-state index is 5.07. The molecule has 130 valence electrons. The van der Waals surface area contributed by atoms with Crippen molar-refractivity contribution >= 4 is 29.9 Å². The Labute approximate surface area is 157 Å². The monoisotopic (exact) mass is 431 g/mol. The molecule has 0 atom stereocenters. The van der Waals surface area contributed by atoms with Crippen molar-refractivity contribution in [1.29, 1.82) is 0 Å². The molecular formula is C18H30IN3O. The number of hydrogen-bond donors (Lipinski definition) is 2. The van der Waals surface area contributed by atoms with Crippen LogP contribution in [0.5, 0.6) is 0 Å². The van der Waals surface area contributed by atoms with Crippen LogP contribution in [0.25, 0.3) is 0 Å². The third-order valence-corrected chi connectivity index (χ3v) is 4.61. The summed E-state index contributed by atoms with van der Waals surface area (Å²) in [5.74, 6) is 0.857. The molecule has 0 radical (unpaired) electrons. The summed E-state index contributed by atoms with van der Waals surface area (Å²) in [6.07, 6.45) is 5.12. The molecule has 0 aliphatic heterocycles. The van der Waals surface area contributed by atoms with Crippen LogP contribution in [0, 0.1) is 6.92 Å². The van der Waals surface area contributed by atoms with Crippen molar-refractivity contribution in [2.45, 2.75) is 38.0 Å². The lowest BCUT2D eigenvalue weighted by Gasteiger charge is -2.31. The fourth-order valence-corrected chi connectivity index (χ4v) is 3.34. The van der Waals surface area contributed by atoms with E-state index in [0.717, 1.165) is 19.0 Å². The van der Waals surface area contributed by atoms with Crippen LogP contribution < -0.4 is 10.6 Å². The molecule has 0 bridgehead atoms. The van der Waals surface area contributed by atoms with Crippen LogP contribution in [0.1, 0.15) is 36.8 Å². The lowest BCUT2D eigenvalue weighted by molar-refractivity contribution is 0.203. The molecule has 2 N–H and O–H groups in total. The number of benzene rings is 1. The third-order valence-electron chi connectivity index (χ3n) is 4.61. The fourth-order valence-electron chi connectivity index (χ4n) is 3.34. The molecule has 0 unspecified atom stereocenters. The van der Waals surface area contributed by atoms with E-state index in [9.17, 15) is 0 Å². The van der Waals surface area contributed by atoms with Gasteiger partial charge in [-0.1, -0.05) is 42.7 Å². The van der Waals surface area contributed by atoms with E-state index in [4.69, 9.17) is 4.74 Å². The van der Waals surface area contributed by atoms with Crippen LogP contribution in [-0.2, 0) is 10.2 Å². The van der Waals surface area contributed by atoms with Crippen molar-refractivity contribution in [1.82, 2.24) is 10.6 Å². The highest BCUT2D eigenvalue weighted by Crippen LogP contribution is 2.40. The van der Waals surface area contributed by atoms with E-state index in [1.165, 1.54) is 36.8 Å². The first-order valence-corrected chi connectivity index (χ1v) is 8.21. The summed E-state index contributed by atoms with van der Waals surface area (Å²) in [4.78, 5) is 4.30. The van der Waals surface area contributed by atoms with Gasteiger partial charge in [-0.2, -0.15) is 0 Å². The molecule has 0 amide bonds. The average Bonchev–Trinajstić information content (AvgIpc) is 3.01. The number of aryl methyl sites for hydroxylation is 1. The van der Waals surface area contributed by atoms with Crippen molar-refractivity contribution in [2.75, 3.05) is 33.9 Å². The first kappa shape index (κ1) is 20.2. The van der Waals surface area contributed by atoms with E-state index in [-0.39, 0.29) is 29.4 Å². The van der Waals surface area contributed by atoms with E-state index in [1.807, 2.05) is 7.05 Å². The number of rotatable bonds is 6. The summed E-state index contributed by atoms with van der Waals surface area (Å²) in [6, 6.07) is 8.97. The summed E-state index contributed by atoms with van der Waals surface area (Å²) in [7, 11) is 3.53. The van der Waals surface area contributed by atoms with Crippen molar-refractivity contribution in [3.05, 3.63) is 35.4 Å². The van der Waals surface area contributed by atoms with Gasteiger partial charge in [-0.3, -0.25) is 4.99 Å². The van der Waals surface area contributed by atoms with Gasteiger partial charge in [-0.25, -0.2) is 0 Å². The molecular weight excluding hydrogens is 401 g/mol. The number of nitrogens with one attached hydrogen (secondary N) is 2. The standard InChI is InChI=1S/C18H29N3O.HI/c1-15-7-6-8-16(13-15)18(9-4-5-10-18)14-21-17(19-2)20-11-12-22-3;/h6-8,13H,4-5,9-12,14H2,1-3H3,(H2,19,20,21);1H. The van der Waals surface area contributed by atoms with E-state index >= 15 is 0 Å². The van der Waals surface area contributed by atoms with Gasteiger partial charge in [-0.15, -0.1) is 24.0 Å². The predicted octanol–water partition coefficient (Wildman–Crippen LogP) is 3.24. The highest BCUT2D eigenvalue weighted by Gasteiger charge is 2.35. The minimum Gasteiger partial charge on any atom is -0.383 e. The number of methoxy groups -OCH3 is 1. The summed E-state index contributed by atoms with van der Waals surface area (Å²) in [5.41, 5.74) is 3.04. The Kier molecular flexibility index (Phi) is 8.91. The first-order chi connectivity index (χ1) is 10.7. The molecule has 5 heteroatoms. The fraction of sp³-hybridized carbons (Fsp3) is 0.611. The highest BCUT2D eigenvalue weighted by atomic mass is 127.